The Hall–Kier alpha value is -1.51. The number of phenolic OH excluding ortho intramolecular Hbond substituents is 1. The molecule has 0 spiro atoms. The first-order valence-corrected chi connectivity index (χ1v) is 9.22. The van der Waals surface area contributed by atoms with Crippen LogP contribution in [-0.2, 0) is 16.6 Å². The maximum Gasteiger partial charge on any atom is 0.309 e. The van der Waals surface area contributed by atoms with E-state index in [1.165, 1.54) is 11.1 Å². The van der Waals surface area contributed by atoms with Gasteiger partial charge in [0.05, 0.1) is 5.41 Å². The van der Waals surface area contributed by atoms with Crippen molar-refractivity contribution in [2.24, 2.45) is 11.3 Å². The third-order valence-electron chi connectivity index (χ3n) is 6.93. The summed E-state index contributed by atoms with van der Waals surface area (Å²) in [5, 5.41) is 20.5. The smallest absolute Gasteiger partial charge is 0.309 e. The first-order chi connectivity index (χ1) is 11.1. The van der Waals surface area contributed by atoms with Crippen LogP contribution in [0, 0.1) is 18.3 Å². The summed E-state index contributed by atoms with van der Waals surface area (Å²) in [6.45, 7) is 10.4. The fourth-order valence-electron chi connectivity index (χ4n) is 5.65. The Labute approximate surface area is 145 Å². The van der Waals surface area contributed by atoms with E-state index in [1.807, 2.05) is 13.8 Å². The van der Waals surface area contributed by atoms with Crippen LogP contribution in [0.25, 0.3) is 0 Å². The van der Waals surface area contributed by atoms with E-state index in [9.17, 15) is 15.0 Å². The van der Waals surface area contributed by atoms with Crippen LogP contribution in [0.1, 0.15) is 81.5 Å². The van der Waals surface area contributed by atoms with Gasteiger partial charge in [0.1, 0.15) is 5.75 Å². The lowest BCUT2D eigenvalue weighted by Crippen LogP contribution is -2.52. The van der Waals surface area contributed by atoms with E-state index in [0.717, 1.165) is 43.2 Å². The minimum absolute atomic E-state index is 0.110. The lowest BCUT2D eigenvalue weighted by atomic mass is 9.49. The Morgan fingerprint density at radius 2 is 1.96 bits per heavy atom. The second kappa shape index (κ2) is 5.50. The minimum Gasteiger partial charge on any atom is -0.507 e. The van der Waals surface area contributed by atoms with E-state index in [4.69, 9.17) is 0 Å². The van der Waals surface area contributed by atoms with E-state index in [2.05, 4.69) is 26.8 Å². The number of aliphatic carboxylic acids is 1. The summed E-state index contributed by atoms with van der Waals surface area (Å²) in [7, 11) is 0. The molecule has 0 unspecified atom stereocenters. The molecule has 1 fully saturated rings. The third kappa shape index (κ3) is 2.20. The Kier molecular flexibility index (Phi) is 3.97. The van der Waals surface area contributed by atoms with Crippen LogP contribution in [0.4, 0.5) is 0 Å². The summed E-state index contributed by atoms with van der Waals surface area (Å²) in [5.74, 6) is 0.213. The number of aryl methyl sites for hydroxylation is 1. The fraction of sp³-hybridized carbons (Fsp3) is 0.667. The molecular weight excluding hydrogens is 300 g/mol. The molecule has 3 atom stereocenters. The van der Waals surface area contributed by atoms with Crippen LogP contribution in [0.5, 0.6) is 5.75 Å². The first kappa shape index (κ1) is 17.3. The van der Waals surface area contributed by atoms with Crippen LogP contribution in [0.3, 0.4) is 0 Å². The molecule has 2 aliphatic rings. The van der Waals surface area contributed by atoms with Gasteiger partial charge in [0.25, 0.3) is 0 Å². The number of fused-ring (bicyclic) bond motifs is 3. The van der Waals surface area contributed by atoms with Crippen LogP contribution in [-0.4, -0.2) is 16.2 Å². The maximum absolute atomic E-state index is 12.0. The predicted molar refractivity (Wildman–Crippen MR) is 95.7 cm³/mol. The van der Waals surface area contributed by atoms with Crippen molar-refractivity contribution in [3.63, 3.8) is 0 Å². The first-order valence-electron chi connectivity index (χ1n) is 9.22. The zero-order valence-electron chi connectivity index (χ0n) is 15.6. The molecule has 0 bridgehead atoms. The molecule has 3 nitrogen and oxygen atoms in total. The molecule has 2 N–H and O–H groups in total. The number of rotatable bonds is 2. The Morgan fingerprint density at radius 3 is 2.54 bits per heavy atom. The number of hydrogen-bond donors (Lipinski definition) is 2. The van der Waals surface area contributed by atoms with E-state index in [-0.39, 0.29) is 17.3 Å². The van der Waals surface area contributed by atoms with Gasteiger partial charge in [0, 0.05) is 5.56 Å². The van der Waals surface area contributed by atoms with Crippen molar-refractivity contribution in [3.05, 3.63) is 28.3 Å². The van der Waals surface area contributed by atoms with Gasteiger partial charge in [-0.15, -0.1) is 0 Å². The van der Waals surface area contributed by atoms with Gasteiger partial charge in [-0.3, -0.25) is 4.79 Å². The second-order valence-corrected chi connectivity index (χ2v) is 8.72. The van der Waals surface area contributed by atoms with E-state index < -0.39 is 11.4 Å². The van der Waals surface area contributed by atoms with Gasteiger partial charge in [-0.25, -0.2) is 0 Å². The van der Waals surface area contributed by atoms with Crippen molar-refractivity contribution in [2.75, 3.05) is 0 Å². The molecule has 0 aliphatic heterocycles. The predicted octanol–water partition coefficient (Wildman–Crippen LogP) is 4.92. The highest BCUT2D eigenvalue weighted by molar-refractivity contribution is 5.75. The van der Waals surface area contributed by atoms with Crippen molar-refractivity contribution in [1.29, 1.82) is 0 Å². The van der Waals surface area contributed by atoms with Gasteiger partial charge < -0.3 is 10.2 Å². The SMILES string of the molecule is Cc1cc2c(c(C(C)C)c1O)CC[C@@H]1[C@@](C)(C(=O)O)CCC[C@]21C. The van der Waals surface area contributed by atoms with Gasteiger partial charge >= 0.3 is 5.97 Å². The Balaban J connectivity index is 2.23. The normalized spacial score (nSPS) is 32.3. The molecule has 1 aromatic rings. The largest absolute Gasteiger partial charge is 0.507 e. The molecule has 1 saturated carbocycles. The lowest BCUT2D eigenvalue weighted by Gasteiger charge is -2.54. The zero-order valence-corrected chi connectivity index (χ0v) is 15.6. The minimum atomic E-state index is -0.651. The number of carboxylic acid groups (broad SMARTS) is 1. The van der Waals surface area contributed by atoms with Gasteiger partial charge in [0.2, 0.25) is 0 Å². The highest BCUT2D eigenvalue weighted by Gasteiger charge is 2.55. The molecule has 0 saturated heterocycles. The molecule has 3 heteroatoms. The Bertz CT molecular complexity index is 691. The van der Waals surface area contributed by atoms with Crippen molar-refractivity contribution >= 4 is 5.97 Å². The summed E-state index contributed by atoms with van der Waals surface area (Å²) < 4.78 is 0. The second-order valence-electron chi connectivity index (χ2n) is 8.72. The molecule has 0 radical (unpaired) electrons. The van der Waals surface area contributed by atoms with Gasteiger partial charge in [-0.2, -0.15) is 0 Å². The number of carbonyl (C=O) groups is 1. The summed E-state index contributed by atoms with van der Waals surface area (Å²) in [6.07, 6.45) is 4.53. The third-order valence-corrected chi connectivity index (χ3v) is 6.93. The molecule has 132 valence electrons. The number of carboxylic acids is 1. The lowest BCUT2D eigenvalue weighted by molar-refractivity contribution is -0.157. The average Bonchev–Trinajstić information content (AvgIpc) is 2.48. The fourth-order valence-corrected chi connectivity index (χ4v) is 5.65. The summed E-state index contributed by atoms with van der Waals surface area (Å²) >= 11 is 0. The molecule has 3 rings (SSSR count). The van der Waals surface area contributed by atoms with Crippen LogP contribution in [0.2, 0.25) is 0 Å². The molecule has 0 aromatic heterocycles. The van der Waals surface area contributed by atoms with Crippen LogP contribution >= 0.6 is 0 Å². The van der Waals surface area contributed by atoms with E-state index in [1.54, 1.807) is 0 Å². The van der Waals surface area contributed by atoms with Crippen molar-refractivity contribution in [3.8, 4) is 5.75 Å². The number of aromatic hydroxyl groups is 1. The van der Waals surface area contributed by atoms with Crippen LogP contribution in [0.15, 0.2) is 6.07 Å². The molecule has 24 heavy (non-hydrogen) atoms. The molecule has 1 aromatic carbocycles. The number of phenols is 1. The number of hydrogen-bond acceptors (Lipinski definition) is 2. The van der Waals surface area contributed by atoms with Gasteiger partial charge in [-0.1, -0.05) is 33.3 Å². The number of benzene rings is 1. The average molecular weight is 330 g/mol. The highest BCUT2D eigenvalue weighted by Crippen LogP contribution is 2.58. The highest BCUT2D eigenvalue weighted by atomic mass is 16.4. The van der Waals surface area contributed by atoms with Crippen molar-refractivity contribution in [1.82, 2.24) is 0 Å². The van der Waals surface area contributed by atoms with E-state index in [0.29, 0.717) is 5.75 Å². The maximum atomic E-state index is 12.0. The van der Waals surface area contributed by atoms with E-state index >= 15 is 0 Å². The molecular formula is C21H30O3. The molecule has 0 amide bonds. The summed E-state index contributed by atoms with van der Waals surface area (Å²) in [5.41, 5.74) is 3.82. The summed E-state index contributed by atoms with van der Waals surface area (Å²) in [6, 6.07) is 2.14. The zero-order chi connectivity index (χ0) is 17.9. The van der Waals surface area contributed by atoms with Crippen molar-refractivity contribution < 1.29 is 15.0 Å². The van der Waals surface area contributed by atoms with Crippen LogP contribution < -0.4 is 0 Å². The Morgan fingerprint density at radius 1 is 1.29 bits per heavy atom. The standard InChI is InChI=1S/C21H30O3/c1-12(2)17-14-7-8-16-20(4,15(14)11-13(3)18(17)22)9-6-10-21(16,5)19(23)24/h11-12,16,22H,6-10H2,1-5H3,(H,23,24)/t16-,20+,21-/m0/s1. The van der Waals surface area contributed by atoms with Gasteiger partial charge in [0.15, 0.2) is 0 Å². The van der Waals surface area contributed by atoms with Crippen molar-refractivity contribution in [2.45, 2.75) is 78.1 Å². The summed E-state index contributed by atoms with van der Waals surface area (Å²) in [4.78, 5) is 12.0. The van der Waals surface area contributed by atoms with Gasteiger partial charge in [-0.05, 0) is 73.5 Å². The topological polar surface area (TPSA) is 57.5 Å². The quantitative estimate of drug-likeness (QED) is 0.809. The molecule has 0 heterocycles. The monoisotopic (exact) mass is 330 g/mol. The molecule has 2 aliphatic carbocycles.